The standard InChI is InChI=1S/C11H15N3O2/c1-3-9-10(12)11(14(2)13-9)16-7-8-5-4-6-15-8/h4-6H,3,7,12H2,1-2H3. The van der Waals surface area contributed by atoms with E-state index < -0.39 is 0 Å². The molecule has 0 spiro atoms. The molecule has 0 fully saturated rings. The topological polar surface area (TPSA) is 66.2 Å². The van der Waals surface area contributed by atoms with Gasteiger partial charge in [0.1, 0.15) is 18.1 Å². The third-order valence-corrected chi connectivity index (χ3v) is 2.37. The zero-order chi connectivity index (χ0) is 11.5. The third kappa shape index (κ3) is 1.88. The fourth-order valence-electron chi connectivity index (χ4n) is 1.54. The molecule has 2 aromatic heterocycles. The Hall–Kier alpha value is -1.91. The van der Waals surface area contributed by atoms with Gasteiger partial charge in [-0.2, -0.15) is 5.10 Å². The van der Waals surface area contributed by atoms with Crippen LogP contribution in [0.1, 0.15) is 18.4 Å². The molecule has 2 N–H and O–H groups in total. The first-order valence-corrected chi connectivity index (χ1v) is 5.19. The van der Waals surface area contributed by atoms with Crippen molar-refractivity contribution in [2.75, 3.05) is 5.73 Å². The highest BCUT2D eigenvalue weighted by molar-refractivity contribution is 5.53. The lowest BCUT2D eigenvalue weighted by atomic mass is 10.3. The van der Waals surface area contributed by atoms with E-state index in [0.29, 0.717) is 18.2 Å². The average molecular weight is 221 g/mol. The molecule has 5 heteroatoms. The molecule has 0 aliphatic carbocycles. The highest BCUT2D eigenvalue weighted by Crippen LogP contribution is 2.25. The Kier molecular flexibility index (Phi) is 2.85. The van der Waals surface area contributed by atoms with Crippen LogP contribution >= 0.6 is 0 Å². The predicted molar refractivity (Wildman–Crippen MR) is 60.0 cm³/mol. The fourth-order valence-corrected chi connectivity index (χ4v) is 1.54. The lowest BCUT2D eigenvalue weighted by molar-refractivity contribution is 0.250. The molecule has 16 heavy (non-hydrogen) atoms. The van der Waals surface area contributed by atoms with Gasteiger partial charge in [-0.1, -0.05) is 6.92 Å². The number of anilines is 1. The largest absolute Gasteiger partial charge is 0.468 e. The van der Waals surface area contributed by atoms with Crippen LogP contribution in [0.15, 0.2) is 22.8 Å². The molecule has 0 amide bonds. The van der Waals surface area contributed by atoms with Gasteiger partial charge in [0.2, 0.25) is 5.88 Å². The van der Waals surface area contributed by atoms with Crippen LogP contribution in [0.3, 0.4) is 0 Å². The highest BCUT2D eigenvalue weighted by atomic mass is 16.5. The molecule has 86 valence electrons. The second kappa shape index (κ2) is 4.30. The number of ether oxygens (including phenoxy) is 1. The van der Waals surface area contributed by atoms with Crippen molar-refractivity contribution in [1.29, 1.82) is 0 Å². The van der Waals surface area contributed by atoms with Crippen molar-refractivity contribution in [3.63, 3.8) is 0 Å². The van der Waals surface area contributed by atoms with Gasteiger partial charge < -0.3 is 14.9 Å². The Balaban J connectivity index is 2.12. The lowest BCUT2D eigenvalue weighted by Crippen LogP contribution is -2.01. The van der Waals surface area contributed by atoms with E-state index >= 15 is 0 Å². The van der Waals surface area contributed by atoms with Crippen molar-refractivity contribution in [3.8, 4) is 5.88 Å². The van der Waals surface area contributed by atoms with Crippen LogP contribution in [0.25, 0.3) is 0 Å². The van der Waals surface area contributed by atoms with Gasteiger partial charge in [-0.3, -0.25) is 0 Å². The molecule has 0 saturated carbocycles. The van der Waals surface area contributed by atoms with Crippen molar-refractivity contribution < 1.29 is 9.15 Å². The molecule has 0 aliphatic heterocycles. The van der Waals surface area contributed by atoms with Gasteiger partial charge in [0.25, 0.3) is 0 Å². The van der Waals surface area contributed by atoms with Crippen molar-refractivity contribution in [2.24, 2.45) is 7.05 Å². The highest BCUT2D eigenvalue weighted by Gasteiger charge is 2.13. The summed E-state index contributed by atoms with van der Waals surface area (Å²) in [6.45, 7) is 2.37. The molecule has 0 aliphatic rings. The summed E-state index contributed by atoms with van der Waals surface area (Å²) in [5.74, 6) is 1.35. The van der Waals surface area contributed by atoms with E-state index in [0.717, 1.165) is 17.9 Å². The van der Waals surface area contributed by atoms with Crippen molar-refractivity contribution in [1.82, 2.24) is 9.78 Å². The Morgan fingerprint density at radius 2 is 2.38 bits per heavy atom. The molecule has 0 saturated heterocycles. The summed E-state index contributed by atoms with van der Waals surface area (Å²) in [5, 5.41) is 4.26. The average Bonchev–Trinajstić information content (AvgIpc) is 2.86. The van der Waals surface area contributed by atoms with E-state index in [9.17, 15) is 0 Å². The van der Waals surface area contributed by atoms with Gasteiger partial charge in [-0.05, 0) is 18.6 Å². The molecule has 0 bridgehead atoms. The van der Waals surface area contributed by atoms with Crippen LogP contribution in [0, 0.1) is 0 Å². The number of nitrogen functional groups attached to an aromatic ring is 1. The smallest absolute Gasteiger partial charge is 0.236 e. The van der Waals surface area contributed by atoms with Gasteiger partial charge >= 0.3 is 0 Å². The van der Waals surface area contributed by atoms with Gasteiger partial charge in [0.05, 0.1) is 12.0 Å². The number of hydrogen-bond acceptors (Lipinski definition) is 4. The first-order valence-electron chi connectivity index (χ1n) is 5.19. The summed E-state index contributed by atoms with van der Waals surface area (Å²) in [5.41, 5.74) is 7.38. The van der Waals surface area contributed by atoms with E-state index in [1.807, 2.05) is 26.1 Å². The van der Waals surface area contributed by atoms with Crippen molar-refractivity contribution in [3.05, 3.63) is 29.9 Å². The SMILES string of the molecule is CCc1nn(C)c(OCc2ccco2)c1N. The Morgan fingerprint density at radius 1 is 1.56 bits per heavy atom. The normalized spacial score (nSPS) is 10.6. The quantitative estimate of drug-likeness (QED) is 0.853. The first kappa shape index (κ1) is 10.6. The molecule has 0 atom stereocenters. The number of hydrogen-bond donors (Lipinski definition) is 1. The van der Waals surface area contributed by atoms with Gasteiger partial charge in [0, 0.05) is 7.05 Å². The maximum atomic E-state index is 5.92. The van der Waals surface area contributed by atoms with Crippen LogP contribution in [0.4, 0.5) is 5.69 Å². The Morgan fingerprint density at radius 3 is 2.94 bits per heavy atom. The lowest BCUT2D eigenvalue weighted by Gasteiger charge is -2.04. The molecular formula is C11H15N3O2. The number of rotatable bonds is 4. The number of aryl methyl sites for hydroxylation is 2. The first-order chi connectivity index (χ1) is 7.72. The molecule has 5 nitrogen and oxygen atoms in total. The van der Waals surface area contributed by atoms with E-state index in [1.165, 1.54) is 0 Å². The van der Waals surface area contributed by atoms with E-state index in [1.54, 1.807) is 10.9 Å². The van der Waals surface area contributed by atoms with Crippen molar-refractivity contribution >= 4 is 5.69 Å². The summed E-state index contributed by atoms with van der Waals surface area (Å²) < 4.78 is 12.4. The Labute approximate surface area is 93.8 Å². The van der Waals surface area contributed by atoms with Crippen LogP contribution in [-0.4, -0.2) is 9.78 Å². The van der Waals surface area contributed by atoms with Gasteiger partial charge in [0.15, 0.2) is 0 Å². The summed E-state index contributed by atoms with van der Waals surface area (Å²) in [7, 11) is 1.81. The van der Waals surface area contributed by atoms with E-state index in [2.05, 4.69) is 5.10 Å². The number of aromatic nitrogens is 2. The molecule has 0 unspecified atom stereocenters. The molecule has 2 aromatic rings. The summed E-state index contributed by atoms with van der Waals surface area (Å²) in [6, 6.07) is 3.68. The van der Waals surface area contributed by atoms with E-state index in [-0.39, 0.29) is 0 Å². The number of nitrogens with two attached hydrogens (primary N) is 1. The zero-order valence-electron chi connectivity index (χ0n) is 9.43. The second-order valence-electron chi connectivity index (χ2n) is 3.51. The minimum atomic E-state index is 0.361. The molecule has 0 aromatic carbocycles. The second-order valence-corrected chi connectivity index (χ2v) is 3.51. The van der Waals surface area contributed by atoms with Crippen LogP contribution < -0.4 is 10.5 Å². The minimum Gasteiger partial charge on any atom is -0.468 e. The molecule has 0 radical (unpaired) electrons. The summed E-state index contributed by atoms with van der Waals surface area (Å²) in [4.78, 5) is 0. The maximum absolute atomic E-state index is 5.92. The number of furan rings is 1. The molecule has 2 rings (SSSR count). The molecule has 2 heterocycles. The van der Waals surface area contributed by atoms with Gasteiger partial charge in [-0.25, -0.2) is 4.68 Å². The number of nitrogens with zero attached hydrogens (tertiary/aromatic N) is 2. The Bertz CT molecular complexity index is 460. The van der Waals surface area contributed by atoms with Gasteiger partial charge in [-0.15, -0.1) is 0 Å². The predicted octanol–water partition coefficient (Wildman–Crippen LogP) is 1.74. The molecular weight excluding hydrogens is 206 g/mol. The van der Waals surface area contributed by atoms with Crippen LogP contribution in [0.2, 0.25) is 0 Å². The maximum Gasteiger partial charge on any atom is 0.236 e. The van der Waals surface area contributed by atoms with E-state index in [4.69, 9.17) is 14.9 Å². The van der Waals surface area contributed by atoms with Crippen molar-refractivity contribution in [2.45, 2.75) is 20.0 Å². The summed E-state index contributed by atoms with van der Waals surface area (Å²) in [6.07, 6.45) is 2.41. The van der Waals surface area contributed by atoms with Crippen LogP contribution in [0.5, 0.6) is 5.88 Å². The fraction of sp³-hybridized carbons (Fsp3) is 0.364. The minimum absolute atomic E-state index is 0.361. The monoisotopic (exact) mass is 221 g/mol. The summed E-state index contributed by atoms with van der Waals surface area (Å²) >= 11 is 0. The third-order valence-electron chi connectivity index (χ3n) is 2.37. The zero-order valence-corrected chi connectivity index (χ0v) is 9.43. The van der Waals surface area contributed by atoms with Crippen LogP contribution in [-0.2, 0) is 20.1 Å².